The molecule has 2 rings (SSSR count). The third-order valence-electron chi connectivity index (χ3n) is 3.82. The first-order chi connectivity index (χ1) is 10.9. The van der Waals surface area contributed by atoms with Gasteiger partial charge in [0.05, 0.1) is 18.1 Å². The first-order valence-corrected chi connectivity index (χ1v) is 7.09. The van der Waals surface area contributed by atoms with Crippen molar-refractivity contribution in [3.8, 4) is 5.75 Å². The van der Waals surface area contributed by atoms with Gasteiger partial charge in [0.1, 0.15) is 5.75 Å². The van der Waals surface area contributed by atoms with Gasteiger partial charge in [0.2, 0.25) is 0 Å². The van der Waals surface area contributed by atoms with Crippen LogP contribution in [0.15, 0.2) is 48.5 Å². The van der Waals surface area contributed by atoms with Crippen molar-refractivity contribution in [2.45, 2.75) is 13.0 Å². The van der Waals surface area contributed by atoms with Crippen LogP contribution < -0.4 is 4.74 Å². The molecule has 0 aromatic heterocycles. The summed E-state index contributed by atoms with van der Waals surface area (Å²) in [7, 11) is 3.31. The number of nitro groups is 1. The first-order valence-electron chi connectivity index (χ1n) is 7.09. The summed E-state index contributed by atoms with van der Waals surface area (Å²) in [5, 5.41) is 10.7. The lowest BCUT2D eigenvalue weighted by molar-refractivity contribution is -0.384. The lowest BCUT2D eigenvalue weighted by atomic mass is 10.1. The van der Waals surface area contributed by atoms with E-state index in [0.29, 0.717) is 5.56 Å². The molecule has 0 N–H and O–H groups in total. The van der Waals surface area contributed by atoms with Crippen molar-refractivity contribution in [1.29, 1.82) is 0 Å². The molecule has 2 aromatic carbocycles. The van der Waals surface area contributed by atoms with Gasteiger partial charge in [-0.2, -0.15) is 0 Å². The van der Waals surface area contributed by atoms with E-state index in [0.717, 1.165) is 11.3 Å². The van der Waals surface area contributed by atoms with Crippen molar-refractivity contribution in [1.82, 2.24) is 4.90 Å². The molecule has 23 heavy (non-hydrogen) atoms. The zero-order valence-corrected chi connectivity index (χ0v) is 13.2. The molecule has 1 atom stereocenters. The third kappa shape index (κ3) is 3.66. The standard InChI is InChI=1S/C17H18N2O4/c1-12(13-6-10-16(23-3)11-7-13)18(2)17(20)14-4-8-15(9-5-14)19(21)22/h4-12H,1-3H3. The number of carbonyl (C=O) groups is 1. The van der Waals surface area contributed by atoms with Gasteiger partial charge in [-0.25, -0.2) is 0 Å². The van der Waals surface area contributed by atoms with Crippen LogP contribution in [0.25, 0.3) is 0 Å². The minimum absolute atomic E-state index is 0.0348. The second kappa shape index (κ2) is 6.91. The summed E-state index contributed by atoms with van der Waals surface area (Å²) in [6.07, 6.45) is 0. The fourth-order valence-corrected chi connectivity index (χ4v) is 2.21. The van der Waals surface area contributed by atoms with E-state index >= 15 is 0 Å². The summed E-state index contributed by atoms with van der Waals surface area (Å²) in [5.74, 6) is 0.563. The van der Waals surface area contributed by atoms with Crippen molar-refractivity contribution >= 4 is 11.6 Å². The number of nitro benzene ring substituents is 1. The Morgan fingerprint density at radius 1 is 1.13 bits per heavy atom. The van der Waals surface area contributed by atoms with Crippen LogP contribution in [0.5, 0.6) is 5.75 Å². The highest BCUT2D eigenvalue weighted by Gasteiger charge is 2.19. The quantitative estimate of drug-likeness (QED) is 0.626. The van der Waals surface area contributed by atoms with Crippen LogP contribution in [0.3, 0.4) is 0 Å². The Balaban J connectivity index is 2.15. The molecule has 6 heteroatoms. The maximum Gasteiger partial charge on any atom is 0.269 e. The molecule has 6 nitrogen and oxygen atoms in total. The zero-order valence-electron chi connectivity index (χ0n) is 13.2. The molecule has 1 unspecified atom stereocenters. The molecule has 0 bridgehead atoms. The predicted molar refractivity (Wildman–Crippen MR) is 86.6 cm³/mol. The number of nitrogens with zero attached hydrogens (tertiary/aromatic N) is 2. The van der Waals surface area contributed by atoms with E-state index in [2.05, 4.69) is 0 Å². The number of hydrogen-bond acceptors (Lipinski definition) is 4. The Hall–Kier alpha value is -2.89. The van der Waals surface area contributed by atoms with Crippen molar-refractivity contribution in [2.75, 3.05) is 14.2 Å². The maximum atomic E-state index is 12.5. The lowest BCUT2D eigenvalue weighted by Crippen LogP contribution is -2.29. The molecule has 2 aromatic rings. The summed E-state index contributed by atoms with van der Waals surface area (Å²) >= 11 is 0. The molecule has 0 radical (unpaired) electrons. The van der Waals surface area contributed by atoms with E-state index in [4.69, 9.17) is 4.74 Å². The number of amides is 1. The molecule has 0 saturated heterocycles. The van der Waals surface area contributed by atoms with Crippen LogP contribution in [-0.4, -0.2) is 29.9 Å². The Morgan fingerprint density at radius 2 is 1.70 bits per heavy atom. The van der Waals surface area contributed by atoms with Crippen LogP contribution in [0.1, 0.15) is 28.9 Å². The average molecular weight is 314 g/mol. The Kier molecular flexibility index (Phi) is 4.95. The van der Waals surface area contributed by atoms with Crippen molar-refractivity contribution in [3.05, 3.63) is 69.8 Å². The summed E-state index contributed by atoms with van der Waals surface area (Å²) in [6, 6.07) is 13.0. The van der Waals surface area contributed by atoms with E-state index < -0.39 is 4.92 Å². The molecular weight excluding hydrogens is 296 g/mol. The number of hydrogen-bond donors (Lipinski definition) is 0. The molecule has 0 aliphatic heterocycles. The van der Waals surface area contributed by atoms with Gasteiger partial charge in [-0.1, -0.05) is 12.1 Å². The van der Waals surface area contributed by atoms with Gasteiger partial charge in [-0.3, -0.25) is 14.9 Å². The minimum atomic E-state index is -0.488. The highest BCUT2D eigenvalue weighted by molar-refractivity contribution is 5.94. The molecule has 0 spiro atoms. The van der Waals surface area contributed by atoms with Crippen molar-refractivity contribution < 1.29 is 14.5 Å². The monoisotopic (exact) mass is 314 g/mol. The Bertz CT molecular complexity index is 696. The second-order valence-corrected chi connectivity index (χ2v) is 5.17. The van der Waals surface area contributed by atoms with Crippen LogP contribution in [-0.2, 0) is 0 Å². The van der Waals surface area contributed by atoms with E-state index in [9.17, 15) is 14.9 Å². The Morgan fingerprint density at radius 3 is 2.17 bits per heavy atom. The fourth-order valence-electron chi connectivity index (χ4n) is 2.21. The number of rotatable bonds is 5. The number of methoxy groups -OCH3 is 1. The molecule has 120 valence electrons. The largest absolute Gasteiger partial charge is 0.497 e. The molecule has 0 aliphatic rings. The smallest absolute Gasteiger partial charge is 0.269 e. The minimum Gasteiger partial charge on any atom is -0.497 e. The van der Waals surface area contributed by atoms with E-state index in [1.54, 1.807) is 19.1 Å². The van der Waals surface area contributed by atoms with Gasteiger partial charge in [-0.05, 0) is 36.8 Å². The van der Waals surface area contributed by atoms with Crippen LogP contribution in [0, 0.1) is 10.1 Å². The molecular formula is C17H18N2O4. The van der Waals surface area contributed by atoms with Gasteiger partial charge in [0.15, 0.2) is 0 Å². The molecule has 1 amide bonds. The summed E-state index contributed by atoms with van der Waals surface area (Å²) < 4.78 is 5.12. The van der Waals surface area contributed by atoms with Gasteiger partial charge >= 0.3 is 0 Å². The van der Waals surface area contributed by atoms with E-state index in [1.807, 2.05) is 31.2 Å². The maximum absolute atomic E-state index is 12.5. The van der Waals surface area contributed by atoms with Crippen LogP contribution in [0.4, 0.5) is 5.69 Å². The fraction of sp³-hybridized carbons (Fsp3) is 0.235. The summed E-state index contributed by atoms with van der Waals surface area (Å²) in [6.45, 7) is 1.92. The van der Waals surface area contributed by atoms with Crippen molar-refractivity contribution in [3.63, 3.8) is 0 Å². The molecule has 0 aliphatic carbocycles. The predicted octanol–water partition coefficient (Wildman–Crippen LogP) is 3.44. The average Bonchev–Trinajstić information content (AvgIpc) is 2.60. The first kappa shape index (κ1) is 16.5. The Labute approximate surface area is 134 Å². The highest BCUT2D eigenvalue weighted by atomic mass is 16.6. The van der Waals surface area contributed by atoms with Crippen LogP contribution >= 0.6 is 0 Å². The second-order valence-electron chi connectivity index (χ2n) is 5.17. The SMILES string of the molecule is COc1ccc(C(C)N(C)C(=O)c2ccc([N+](=O)[O-])cc2)cc1. The topological polar surface area (TPSA) is 72.7 Å². The van der Waals surface area contributed by atoms with Gasteiger partial charge in [-0.15, -0.1) is 0 Å². The molecule has 0 heterocycles. The lowest BCUT2D eigenvalue weighted by Gasteiger charge is -2.25. The number of benzene rings is 2. The number of carbonyl (C=O) groups excluding carboxylic acids is 1. The highest BCUT2D eigenvalue weighted by Crippen LogP contribution is 2.23. The normalized spacial score (nSPS) is 11.6. The van der Waals surface area contributed by atoms with Gasteiger partial charge in [0.25, 0.3) is 11.6 Å². The van der Waals surface area contributed by atoms with Gasteiger partial charge < -0.3 is 9.64 Å². The van der Waals surface area contributed by atoms with Gasteiger partial charge in [0, 0.05) is 24.7 Å². The van der Waals surface area contributed by atoms with E-state index in [-0.39, 0.29) is 17.6 Å². The number of non-ortho nitro benzene ring substituents is 1. The summed E-state index contributed by atoms with van der Waals surface area (Å²) in [4.78, 5) is 24.3. The summed E-state index contributed by atoms with van der Waals surface area (Å²) in [5.41, 5.74) is 1.36. The molecule has 0 saturated carbocycles. The van der Waals surface area contributed by atoms with Crippen LogP contribution in [0.2, 0.25) is 0 Å². The van der Waals surface area contributed by atoms with E-state index in [1.165, 1.54) is 24.3 Å². The molecule has 0 fully saturated rings. The zero-order chi connectivity index (χ0) is 17.0. The third-order valence-corrected chi connectivity index (χ3v) is 3.82. The van der Waals surface area contributed by atoms with Crippen molar-refractivity contribution in [2.24, 2.45) is 0 Å². The number of ether oxygens (including phenoxy) is 1.